The number of rotatable bonds is 12. The van der Waals surface area contributed by atoms with Gasteiger partial charge in [0, 0.05) is 12.8 Å². The van der Waals surface area contributed by atoms with E-state index < -0.39 is 18.2 Å². The Morgan fingerprint density at radius 1 is 0.762 bits per heavy atom. The van der Waals surface area contributed by atoms with Crippen LogP contribution in [0, 0.1) is 0 Å². The standard InChI is InChI=1S/C10H18O4.C5H12O2/c11-9(12)7-5-3-1-2-4-6-8-10(13)14;1-2-3-4-5(6)7/h1-8H2,(H,11,12)(H,13,14);5-7H,2-4H2,1H3. The molecule has 0 aromatic carbocycles. The maximum absolute atomic E-state index is 10.1. The molecule has 0 rings (SSSR count). The van der Waals surface area contributed by atoms with Crippen LogP contribution in [0.1, 0.15) is 77.6 Å². The predicted molar refractivity (Wildman–Crippen MR) is 80.0 cm³/mol. The van der Waals surface area contributed by atoms with Crippen LogP contribution in [0.3, 0.4) is 0 Å². The summed E-state index contributed by atoms with van der Waals surface area (Å²) < 4.78 is 0. The van der Waals surface area contributed by atoms with Crippen molar-refractivity contribution >= 4 is 11.9 Å². The van der Waals surface area contributed by atoms with Gasteiger partial charge in [-0.1, -0.05) is 39.0 Å². The van der Waals surface area contributed by atoms with Crippen LogP contribution in [0.5, 0.6) is 0 Å². The van der Waals surface area contributed by atoms with Crippen LogP contribution < -0.4 is 0 Å². The van der Waals surface area contributed by atoms with Gasteiger partial charge in [-0.15, -0.1) is 0 Å². The summed E-state index contributed by atoms with van der Waals surface area (Å²) in [6.07, 6.45) is 7.16. The Bertz CT molecular complexity index is 233. The number of carboxylic acid groups (broad SMARTS) is 2. The maximum atomic E-state index is 10.1. The molecule has 0 atom stereocenters. The Balaban J connectivity index is 0. The molecule has 0 fully saturated rings. The number of hydrogen-bond acceptors (Lipinski definition) is 4. The molecule has 126 valence electrons. The minimum atomic E-state index is -1.10. The van der Waals surface area contributed by atoms with Crippen LogP contribution in [0.25, 0.3) is 0 Å². The van der Waals surface area contributed by atoms with E-state index in [2.05, 4.69) is 0 Å². The Kier molecular flexibility index (Phi) is 17.8. The molecule has 0 amide bonds. The Hall–Kier alpha value is -1.14. The average Bonchev–Trinajstić information content (AvgIpc) is 2.39. The second kappa shape index (κ2) is 16.9. The van der Waals surface area contributed by atoms with Gasteiger partial charge in [-0.3, -0.25) is 9.59 Å². The topological polar surface area (TPSA) is 115 Å². The van der Waals surface area contributed by atoms with E-state index in [0.717, 1.165) is 51.4 Å². The summed E-state index contributed by atoms with van der Waals surface area (Å²) in [5.74, 6) is -1.48. The van der Waals surface area contributed by atoms with E-state index >= 15 is 0 Å². The smallest absolute Gasteiger partial charge is 0.303 e. The van der Waals surface area contributed by atoms with E-state index in [1.165, 1.54) is 0 Å². The number of aliphatic hydroxyl groups excluding tert-OH is 1. The molecule has 0 aliphatic rings. The third kappa shape index (κ3) is 27.9. The van der Waals surface area contributed by atoms with E-state index in [1.807, 2.05) is 6.92 Å². The lowest BCUT2D eigenvalue weighted by atomic mass is 10.1. The third-order valence-electron chi connectivity index (χ3n) is 2.85. The summed E-state index contributed by atoms with van der Waals surface area (Å²) in [6, 6.07) is 0. The molecular weight excluding hydrogens is 276 g/mol. The fraction of sp³-hybridized carbons (Fsp3) is 0.867. The van der Waals surface area contributed by atoms with E-state index in [-0.39, 0.29) is 12.8 Å². The zero-order chi connectivity index (χ0) is 16.5. The lowest BCUT2D eigenvalue weighted by Gasteiger charge is -1.98. The van der Waals surface area contributed by atoms with Gasteiger partial charge in [-0.25, -0.2) is 0 Å². The van der Waals surface area contributed by atoms with Crippen LogP contribution in [0.15, 0.2) is 0 Å². The molecule has 0 spiro atoms. The van der Waals surface area contributed by atoms with Crippen LogP contribution in [-0.2, 0) is 9.59 Å². The van der Waals surface area contributed by atoms with Gasteiger partial charge in [0.1, 0.15) is 0 Å². The van der Waals surface area contributed by atoms with Gasteiger partial charge in [0.15, 0.2) is 6.29 Å². The van der Waals surface area contributed by atoms with E-state index in [9.17, 15) is 9.59 Å². The molecular formula is C15H30O6. The number of carbonyl (C=O) groups is 2. The van der Waals surface area contributed by atoms with Crippen LogP contribution in [0.2, 0.25) is 0 Å². The molecule has 0 heterocycles. The van der Waals surface area contributed by atoms with Gasteiger partial charge in [0.2, 0.25) is 0 Å². The van der Waals surface area contributed by atoms with Crippen LogP contribution in [0.4, 0.5) is 0 Å². The first-order valence-corrected chi connectivity index (χ1v) is 7.69. The Labute approximate surface area is 126 Å². The lowest BCUT2D eigenvalue weighted by Crippen LogP contribution is -2.02. The van der Waals surface area contributed by atoms with Crippen LogP contribution in [-0.4, -0.2) is 38.7 Å². The van der Waals surface area contributed by atoms with Crippen molar-refractivity contribution < 1.29 is 30.0 Å². The van der Waals surface area contributed by atoms with Gasteiger partial charge >= 0.3 is 11.9 Å². The minimum Gasteiger partial charge on any atom is -0.481 e. The van der Waals surface area contributed by atoms with E-state index in [4.69, 9.17) is 20.4 Å². The van der Waals surface area contributed by atoms with Crippen molar-refractivity contribution in [2.75, 3.05) is 0 Å². The normalized spacial score (nSPS) is 10.1. The number of carboxylic acids is 2. The summed E-state index contributed by atoms with van der Waals surface area (Å²) in [7, 11) is 0. The summed E-state index contributed by atoms with van der Waals surface area (Å²) in [5, 5.41) is 33.2. The number of hydrogen-bond donors (Lipinski definition) is 4. The summed E-state index contributed by atoms with van der Waals surface area (Å²) >= 11 is 0. The van der Waals surface area contributed by atoms with Crippen molar-refractivity contribution in [3.63, 3.8) is 0 Å². The average molecular weight is 306 g/mol. The van der Waals surface area contributed by atoms with Crippen LogP contribution >= 0.6 is 0 Å². The number of aliphatic hydroxyl groups is 2. The minimum absolute atomic E-state index is 0.245. The highest BCUT2D eigenvalue weighted by Gasteiger charge is 1.98. The molecule has 0 saturated heterocycles. The predicted octanol–water partition coefficient (Wildman–Crippen LogP) is 2.76. The molecule has 4 N–H and O–H groups in total. The summed E-state index contributed by atoms with van der Waals surface area (Å²) in [5.41, 5.74) is 0. The largest absolute Gasteiger partial charge is 0.481 e. The molecule has 21 heavy (non-hydrogen) atoms. The molecule has 0 unspecified atom stereocenters. The van der Waals surface area contributed by atoms with Crippen molar-refractivity contribution in [1.82, 2.24) is 0 Å². The Morgan fingerprint density at radius 2 is 1.14 bits per heavy atom. The molecule has 0 saturated carbocycles. The zero-order valence-electron chi connectivity index (χ0n) is 13.0. The van der Waals surface area contributed by atoms with Gasteiger partial charge in [0.25, 0.3) is 0 Å². The summed E-state index contributed by atoms with van der Waals surface area (Å²) in [4.78, 5) is 20.3. The lowest BCUT2D eigenvalue weighted by molar-refractivity contribution is -0.138. The van der Waals surface area contributed by atoms with Crippen molar-refractivity contribution in [3.8, 4) is 0 Å². The van der Waals surface area contributed by atoms with Gasteiger partial charge in [-0.05, 0) is 25.7 Å². The highest BCUT2D eigenvalue weighted by molar-refractivity contribution is 5.66. The zero-order valence-corrected chi connectivity index (χ0v) is 13.0. The van der Waals surface area contributed by atoms with Crippen molar-refractivity contribution in [3.05, 3.63) is 0 Å². The fourth-order valence-electron chi connectivity index (χ4n) is 1.65. The first-order chi connectivity index (χ1) is 9.90. The molecule has 0 aromatic rings. The number of aliphatic carboxylic acids is 2. The first-order valence-electron chi connectivity index (χ1n) is 7.69. The van der Waals surface area contributed by atoms with E-state index in [1.54, 1.807) is 0 Å². The second-order valence-corrected chi connectivity index (χ2v) is 5.03. The Morgan fingerprint density at radius 3 is 1.38 bits per heavy atom. The number of unbranched alkanes of at least 4 members (excludes halogenated alkanes) is 6. The highest BCUT2D eigenvalue weighted by Crippen LogP contribution is 2.08. The van der Waals surface area contributed by atoms with Crippen molar-refractivity contribution in [1.29, 1.82) is 0 Å². The van der Waals surface area contributed by atoms with E-state index in [0.29, 0.717) is 6.42 Å². The highest BCUT2D eigenvalue weighted by atomic mass is 16.5. The first kappa shape index (κ1) is 22.1. The maximum Gasteiger partial charge on any atom is 0.303 e. The van der Waals surface area contributed by atoms with Gasteiger partial charge in [0.05, 0.1) is 0 Å². The molecule has 0 aromatic heterocycles. The van der Waals surface area contributed by atoms with Gasteiger partial charge in [-0.2, -0.15) is 0 Å². The fourth-order valence-corrected chi connectivity index (χ4v) is 1.65. The quantitative estimate of drug-likeness (QED) is 0.325. The molecule has 0 aliphatic carbocycles. The SMILES string of the molecule is CCCCC(O)O.O=C(O)CCCCCCCCC(=O)O. The molecule has 6 nitrogen and oxygen atoms in total. The monoisotopic (exact) mass is 306 g/mol. The van der Waals surface area contributed by atoms with Crippen molar-refractivity contribution in [2.45, 2.75) is 83.8 Å². The molecule has 0 bridgehead atoms. The molecule has 0 radical (unpaired) electrons. The van der Waals surface area contributed by atoms with Crippen molar-refractivity contribution in [2.24, 2.45) is 0 Å². The molecule has 0 aliphatic heterocycles. The third-order valence-corrected chi connectivity index (χ3v) is 2.85. The second-order valence-electron chi connectivity index (χ2n) is 5.03. The molecule has 6 heteroatoms. The summed E-state index contributed by atoms with van der Waals surface area (Å²) in [6.45, 7) is 2.02. The van der Waals surface area contributed by atoms with Gasteiger partial charge < -0.3 is 20.4 Å².